The Hall–Kier alpha value is -2.24. The Labute approximate surface area is 137 Å². The van der Waals surface area contributed by atoms with Gasteiger partial charge in [-0.15, -0.1) is 0 Å². The number of nitrogens with one attached hydrogen (secondary N) is 1. The van der Waals surface area contributed by atoms with Gasteiger partial charge < -0.3 is 0 Å². The quantitative estimate of drug-likeness (QED) is 0.418. The largest absolute Gasteiger partial charge is 0.282 e. The maximum absolute atomic E-state index is 12.2. The van der Waals surface area contributed by atoms with Crippen molar-refractivity contribution in [2.45, 2.75) is 52.9 Å². The highest BCUT2D eigenvalue weighted by atomic mass is 16.6. The normalized spacial score (nSPS) is 12.7. The van der Waals surface area contributed by atoms with Crippen LogP contribution in [0.3, 0.4) is 0 Å². The van der Waals surface area contributed by atoms with Gasteiger partial charge in [0, 0.05) is 11.8 Å². The minimum atomic E-state index is -0.561. The van der Waals surface area contributed by atoms with Crippen molar-refractivity contribution < 1.29 is 9.72 Å². The zero-order valence-electron chi connectivity index (χ0n) is 14.0. The lowest BCUT2D eigenvalue weighted by Gasteiger charge is -2.12. The van der Waals surface area contributed by atoms with Gasteiger partial charge in [0.2, 0.25) is 0 Å². The van der Waals surface area contributed by atoms with E-state index in [4.69, 9.17) is 0 Å². The Morgan fingerprint density at radius 2 is 2.00 bits per heavy atom. The maximum atomic E-state index is 12.2. The number of hydrogen-bond donors (Lipinski definition) is 1. The Morgan fingerprint density at radius 3 is 2.61 bits per heavy atom. The van der Waals surface area contributed by atoms with Crippen molar-refractivity contribution in [3.8, 4) is 0 Å². The zero-order valence-corrected chi connectivity index (χ0v) is 14.0. The van der Waals surface area contributed by atoms with Gasteiger partial charge in [0.1, 0.15) is 5.56 Å². The molecule has 0 saturated carbocycles. The van der Waals surface area contributed by atoms with Crippen LogP contribution in [-0.2, 0) is 0 Å². The van der Waals surface area contributed by atoms with Gasteiger partial charge in [0.15, 0.2) is 0 Å². The van der Waals surface area contributed by atoms with Gasteiger partial charge in [-0.1, -0.05) is 52.2 Å². The molecule has 6 heteroatoms. The molecule has 0 radical (unpaired) electrons. The number of nitro benzene ring substituents is 1. The number of carbonyl (C=O) groups excluding carboxylic acids is 1. The number of nitrogens with zero attached hydrogens (tertiary/aromatic N) is 2. The van der Waals surface area contributed by atoms with Gasteiger partial charge in [-0.05, 0) is 24.8 Å². The highest BCUT2D eigenvalue weighted by Crippen LogP contribution is 2.17. The number of hydrogen-bond acceptors (Lipinski definition) is 4. The van der Waals surface area contributed by atoms with E-state index in [-0.39, 0.29) is 11.3 Å². The highest BCUT2D eigenvalue weighted by Gasteiger charge is 2.19. The third-order valence-corrected chi connectivity index (χ3v) is 3.57. The SMILES string of the molecule is CCC/C(C[C@H](C)CCC)=N/NC(=O)c1ccccc1[N+](=O)[O-]. The average molecular weight is 319 g/mol. The topological polar surface area (TPSA) is 84.6 Å². The third-order valence-electron chi connectivity index (χ3n) is 3.57. The van der Waals surface area contributed by atoms with Crippen molar-refractivity contribution >= 4 is 17.3 Å². The standard InChI is InChI=1S/C17H25N3O3/c1-4-8-13(3)12-14(9-5-2)18-19-17(21)15-10-6-7-11-16(15)20(22)23/h6-7,10-11,13H,4-5,8-9,12H2,1-3H3,(H,19,21)/b18-14-/t13-/m1/s1. The summed E-state index contributed by atoms with van der Waals surface area (Å²) < 4.78 is 0. The van der Waals surface area contributed by atoms with E-state index in [1.807, 2.05) is 0 Å². The summed E-state index contributed by atoms with van der Waals surface area (Å²) in [5.74, 6) is -0.0395. The molecule has 0 aromatic heterocycles. The third kappa shape index (κ3) is 6.18. The first kappa shape index (κ1) is 18.8. The van der Waals surface area contributed by atoms with Crippen molar-refractivity contribution in [1.29, 1.82) is 0 Å². The Balaban J connectivity index is 2.83. The van der Waals surface area contributed by atoms with Crippen molar-refractivity contribution in [2.75, 3.05) is 0 Å². The van der Waals surface area contributed by atoms with Gasteiger partial charge in [0.25, 0.3) is 11.6 Å². The Kier molecular flexibility index (Phi) is 7.94. The molecule has 0 unspecified atom stereocenters. The second-order valence-corrected chi connectivity index (χ2v) is 5.74. The molecule has 0 bridgehead atoms. The Morgan fingerprint density at radius 1 is 1.30 bits per heavy atom. The van der Waals surface area contributed by atoms with E-state index in [0.717, 1.165) is 37.8 Å². The van der Waals surface area contributed by atoms with Crippen LogP contribution in [0.1, 0.15) is 63.2 Å². The summed E-state index contributed by atoms with van der Waals surface area (Å²) in [5.41, 5.74) is 3.22. The van der Waals surface area contributed by atoms with E-state index in [1.165, 1.54) is 18.2 Å². The lowest BCUT2D eigenvalue weighted by Crippen LogP contribution is -2.21. The molecule has 1 amide bonds. The van der Waals surface area contributed by atoms with Crippen LogP contribution < -0.4 is 5.43 Å². The van der Waals surface area contributed by atoms with Crippen molar-refractivity contribution in [2.24, 2.45) is 11.0 Å². The number of para-hydroxylation sites is 1. The van der Waals surface area contributed by atoms with E-state index < -0.39 is 10.8 Å². The maximum Gasteiger partial charge on any atom is 0.282 e. The van der Waals surface area contributed by atoms with E-state index >= 15 is 0 Å². The molecule has 0 saturated heterocycles. The fourth-order valence-electron chi connectivity index (χ4n) is 2.50. The summed E-state index contributed by atoms with van der Waals surface area (Å²) in [6.45, 7) is 6.37. The van der Waals surface area contributed by atoms with Crippen LogP contribution in [0.2, 0.25) is 0 Å². The van der Waals surface area contributed by atoms with Crippen LogP contribution in [0, 0.1) is 16.0 Å². The molecule has 0 aliphatic carbocycles. The predicted octanol–water partition coefficient (Wildman–Crippen LogP) is 4.31. The first-order valence-electron chi connectivity index (χ1n) is 8.08. The van der Waals surface area contributed by atoms with Gasteiger partial charge in [-0.25, -0.2) is 5.43 Å². The van der Waals surface area contributed by atoms with E-state index in [9.17, 15) is 14.9 Å². The lowest BCUT2D eigenvalue weighted by molar-refractivity contribution is -0.385. The monoisotopic (exact) mass is 319 g/mol. The second-order valence-electron chi connectivity index (χ2n) is 5.74. The summed E-state index contributed by atoms with van der Waals surface area (Å²) in [4.78, 5) is 22.6. The number of amides is 1. The first-order valence-corrected chi connectivity index (χ1v) is 8.08. The van der Waals surface area contributed by atoms with Crippen LogP contribution in [0.25, 0.3) is 0 Å². The molecule has 0 spiro atoms. The molecule has 1 atom stereocenters. The zero-order chi connectivity index (χ0) is 17.2. The molecule has 0 aliphatic rings. The van der Waals surface area contributed by atoms with E-state index in [1.54, 1.807) is 6.07 Å². The second kappa shape index (κ2) is 9.71. The summed E-state index contributed by atoms with van der Waals surface area (Å²) >= 11 is 0. The van der Waals surface area contributed by atoms with Gasteiger partial charge in [0.05, 0.1) is 4.92 Å². The van der Waals surface area contributed by atoms with E-state index in [0.29, 0.717) is 5.92 Å². The molecular weight excluding hydrogens is 294 g/mol. The van der Waals surface area contributed by atoms with Gasteiger partial charge in [-0.3, -0.25) is 14.9 Å². The molecule has 126 valence electrons. The molecule has 23 heavy (non-hydrogen) atoms. The number of nitro groups is 1. The fraction of sp³-hybridized carbons (Fsp3) is 0.529. The summed E-state index contributed by atoms with van der Waals surface area (Å²) in [5, 5.41) is 15.2. The van der Waals surface area contributed by atoms with Crippen LogP contribution in [0.15, 0.2) is 29.4 Å². The predicted molar refractivity (Wildman–Crippen MR) is 91.6 cm³/mol. The lowest BCUT2D eigenvalue weighted by atomic mass is 9.97. The molecule has 1 aromatic carbocycles. The van der Waals surface area contributed by atoms with Gasteiger partial charge in [-0.2, -0.15) is 5.10 Å². The highest BCUT2D eigenvalue weighted by molar-refractivity contribution is 5.98. The minimum absolute atomic E-state index is 0.0266. The molecule has 1 aromatic rings. The number of rotatable bonds is 9. The van der Waals surface area contributed by atoms with Crippen molar-refractivity contribution in [3.63, 3.8) is 0 Å². The molecule has 0 fully saturated rings. The van der Waals surface area contributed by atoms with Crippen LogP contribution in [0.5, 0.6) is 0 Å². The average Bonchev–Trinajstić information content (AvgIpc) is 2.52. The first-order chi connectivity index (χ1) is 11.0. The summed E-state index contributed by atoms with van der Waals surface area (Å²) in [7, 11) is 0. The minimum Gasteiger partial charge on any atom is -0.267 e. The molecule has 6 nitrogen and oxygen atoms in total. The molecule has 0 aliphatic heterocycles. The summed E-state index contributed by atoms with van der Waals surface area (Å²) in [6.07, 6.45) is 4.81. The van der Waals surface area contributed by atoms with Crippen LogP contribution in [-0.4, -0.2) is 16.5 Å². The van der Waals surface area contributed by atoms with Gasteiger partial charge >= 0.3 is 0 Å². The van der Waals surface area contributed by atoms with Crippen LogP contribution in [0.4, 0.5) is 5.69 Å². The molecule has 1 N–H and O–H groups in total. The molecular formula is C17H25N3O3. The summed E-state index contributed by atoms with van der Waals surface area (Å²) in [6, 6.07) is 5.88. The number of benzene rings is 1. The van der Waals surface area contributed by atoms with Crippen molar-refractivity contribution in [3.05, 3.63) is 39.9 Å². The smallest absolute Gasteiger partial charge is 0.267 e. The molecule has 1 rings (SSSR count). The molecule has 0 heterocycles. The van der Waals surface area contributed by atoms with Crippen molar-refractivity contribution in [1.82, 2.24) is 5.43 Å². The number of hydrazone groups is 1. The van der Waals surface area contributed by atoms with E-state index in [2.05, 4.69) is 31.3 Å². The van der Waals surface area contributed by atoms with Crippen LogP contribution >= 0.6 is 0 Å². The number of carbonyl (C=O) groups is 1. The fourth-order valence-corrected chi connectivity index (χ4v) is 2.50. The Bertz CT molecular complexity index is 570.